The predicted octanol–water partition coefficient (Wildman–Crippen LogP) is 4.87. The van der Waals surface area contributed by atoms with Gasteiger partial charge in [0, 0.05) is 112 Å². The number of fused-ring (bicyclic) bond motifs is 6. The Bertz CT molecular complexity index is 2640. The van der Waals surface area contributed by atoms with E-state index in [1.54, 1.807) is 13.3 Å². The number of hydrazine groups is 1. The number of carbonyl (C=O) groups is 4. The zero-order valence-corrected chi connectivity index (χ0v) is 44.1. The monoisotopic (exact) mass is 1020 g/mol. The van der Waals surface area contributed by atoms with Gasteiger partial charge in [0.1, 0.15) is 17.1 Å². The first-order valence-corrected chi connectivity index (χ1v) is 27.3. The van der Waals surface area contributed by atoms with Gasteiger partial charge < -0.3 is 43.4 Å². The van der Waals surface area contributed by atoms with Crippen molar-refractivity contribution in [2.75, 3.05) is 99.6 Å². The molecule has 3 aromatic heterocycles. The minimum absolute atomic E-state index is 0.00961. The van der Waals surface area contributed by atoms with Crippen molar-refractivity contribution in [1.82, 2.24) is 45.0 Å². The van der Waals surface area contributed by atoms with Crippen molar-refractivity contribution in [3.8, 4) is 22.5 Å². The number of nitrogens with zero attached hydrogens (tertiary/aromatic N) is 7. The molecule has 3 amide bonds. The van der Waals surface area contributed by atoms with Gasteiger partial charge in [-0.25, -0.2) is 10.4 Å². The molecule has 10 rings (SSSR count). The first kappa shape index (κ1) is 51.6. The molecule has 0 unspecified atom stereocenters. The van der Waals surface area contributed by atoms with E-state index in [1.807, 2.05) is 37.2 Å². The highest BCUT2D eigenvalue weighted by molar-refractivity contribution is 7.10. The minimum atomic E-state index is -1.12. The Morgan fingerprint density at radius 3 is 2.52 bits per heavy atom. The number of ether oxygens (including phenoxy) is 5. The van der Waals surface area contributed by atoms with Crippen LogP contribution >= 0.6 is 11.3 Å². The molecule has 7 atom stereocenters. The highest BCUT2D eigenvalue weighted by Gasteiger charge is 2.58. The number of methoxy groups -OCH3 is 1. The van der Waals surface area contributed by atoms with E-state index in [0.29, 0.717) is 96.6 Å². The standard InChI is InChI=1S/C54H73N9O9S/c1-33-43(44(33)51(65)61-19-17-59(5)18-20-61)49(64)57-46-48(60-21-26-70-27-22-60)50-56-41(31-73-50)35-11-12-42-38(29-35)39(30-54(3,4)32-72-53(67)40-10-8-16-63(58-40)52(46)66)47(37-9-7-15-55-45(37)34(2)68-6)62(42)23-28-71-36-13-24-69-25-14-36/h7,9,11-12,15,29,31,33-34,36,40,43-44,46,48,58H,8,10,13-14,16-28,30,32H2,1-6H3,(H,57,64)/t33-,34+,40+,43-,44-,46+,48+/m1/s1. The van der Waals surface area contributed by atoms with Gasteiger partial charge in [0.2, 0.25) is 11.8 Å². The van der Waals surface area contributed by atoms with Gasteiger partial charge in [-0.2, -0.15) is 0 Å². The third-order valence-corrected chi connectivity index (χ3v) is 16.9. The Morgan fingerprint density at radius 2 is 1.75 bits per heavy atom. The van der Waals surface area contributed by atoms with Crippen LogP contribution in [0.5, 0.6) is 0 Å². The van der Waals surface area contributed by atoms with Crippen molar-refractivity contribution >= 4 is 45.9 Å². The number of carbonyl (C=O) groups excluding carboxylic acids is 4. The highest BCUT2D eigenvalue weighted by atomic mass is 32.1. The van der Waals surface area contributed by atoms with Crippen molar-refractivity contribution in [1.29, 1.82) is 0 Å². The number of cyclic esters (lactones) is 1. The number of benzene rings is 1. The number of pyridine rings is 1. The summed E-state index contributed by atoms with van der Waals surface area (Å²) in [6.07, 6.45) is 4.90. The van der Waals surface area contributed by atoms with E-state index in [2.05, 4.69) is 63.2 Å². The summed E-state index contributed by atoms with van der Waals surface area (Å²) < 4.78 is 32.6. The van der Waals surface area contributed by atoms with Crippen LogP contribution in [-0.2, 0) is 55.8 Å². The summed E-state index contributed by atoms with van der Waals surface area (Å²) in [5.74, 6) is -2.41. The highest BCUT2D eigenvalue weighted by Crippen LogP contribution is 2.48. The second kappa shape index (κ2) is 22.2. The normalized spacial score (nSPS) is 27.1. The minimum Gasteiger partial charge on any atom is -0.464 e. The largest absolute Gasteiger partial charge is 0.464 e. The van der Waals surface area contributed by atoms with E-state index in [1.165, 1.54) is 16.3 Å². The Morgan fingerprint density at radius 1 is 0.986 bits per heavy atom. The quantitative estimate of drug-likeness (QED) is 0.194. The maximum atomic E-state index is 15.3. The Hall–Kier alpha value is -4.86. The van der Waals surface area contributed by atoms with Crippen LogP contribution < -0.4 is 10.7 Å². The van der Waals surface area contributed by atoms with Crippen LogP contribution in [0.4, 0.5) is 0 Å². The third kappa shape index (κ3) is 11.0. The number of morpholine rings is 1. The van der Waals surface area contributed by atoms with Gasteiger partial charge in [0.25, 0.3) is 5.91 Å². The summed E-state index contributed by atoms with van der Waals surface area (Å²) in [6, 6.07) is 7.96. The Balaban J connectivity index is 1.08. The van der Waals surface area contributed by atoms with Crippen molar-refractivity contribution in [3.05, 3.63) is 58.2 Å². The van der Waals surface area contributed by atoms with Crippen LogP contribution in [0.3, 0.4) is 0 Å². The van der Waals surface area contributed by atoms with E-state index >= 15 is 4.79 Å². The molecule has 1 saturated carbocycles. The average molecular weight is 1020 g/mol. The van der Waals surface area contributed by atoms with Crippen molar-refractivity contribution in [2.24, 2.45) is 23.2 Å². The van der Waals surface area contributed by atoms with Gasteiger partial charge in [-0.05, 0) is 81.8 Å². The smallest absolute Gasteiger partial charge is 0.324 e. The molecule has 1 aliphatic carbocycles. The lowest BCUT2D eigenvalue weighted by molar-refractivity contribution is -0.156. The number of thiazole rings is 1. The summed E-state index contributed by atoms with van der Waals surface area (Å²) >= 11 is 1.46. The molecule has 2 N–H and O–H groups in total. The fourth-order valence-corrected chi connectivity index (χ4v) is 12.6. The van der Waals surface area contributed by atoms with Crippen LogP contribution in [0.1, 0.15) is 81.8 Å². The molecule has 394 valence electrons. The van der Waals surface area contributed by atoms with E-state index in [-0.39, 0.29) is 42.5 Å². The number of amides is 3. The summed E-state index contributed by atoms with van der Waals surface area (Å²) in [5, 5.41) is 8.46. The molecule has 6 bridgehead atoms. The van der Waals surface area contributed by atoms with Gasteiger partial charge in [0.15, 0.2) is 0 Å². The lowest BCUT2D eigenvalue weighted by atomic mass is 9.84. The molecule has 4 saturated heterocycles. The SMILES string of the molecule is CO[C@@H](C)c1ncccc1-c1c2c3cc(ccc3n1CCOC1CCOCC1)-c1csc(n1)[C@@H](N1CCOCC1)[C@H](NC(=O)[C@@H]1[C@@H](C)[C@H]1C(=O)N1CCN(C)CC1)C(=O)N1CCC[C@H](N1)C(=O)OCC(C)(C)C2. The topological polar surface area (TPSA) is 182 Å². The number of rotatable bonds is 11. The van der Waals surface area contributed by atoms with Crippen LogP contribution in [0.2, 0.25) is 0 Å². The second-order valence-electron chi connectivity index (χ2n) is 21.7. The molecule has 1 aromatic carbocycles. The molecule has 5 fully saturated rings. The predicted molar refractivity (Wildman–Crippen MR) is 275 cm³/mol. The summed E-state index contributed by atoms with van der Waals surface area (Å²) in [5.41, 5.74) is 9.22. The molecular formula is C54H73N9O9S. The van der Waals surface area contributed by atoms with Gasteiger partial charge in [0.05, 0.1) is 73.6 Å². The molecule has 19 heteroatoms. The number of hydrogen-bond donors (Lipinski definition) is 2. The number of likely N-dealkylation sites (N-methyl/N-ethyl adjacent to an activating group) is 1. The molecular weight excluding hydrogens is 951 g/mol. The molecule has 8 heterocycles. The molecule has 18 nitrogen and oxygen atoms in total. The van der Waals surface area contributed by atoms with Crippen molar-refractivity contribution in [3.63, 3.8) is 0 Å². The van der Waals surface area contributed by atoms with Crippen LogP contribution in [0.15, 0.2) is 41.9 Å². The van der Waals surface area contributed by atoms with Crippen LogP contribution in [0.25, 0.3) is 33.4 Å². The molecule has 0 spiro atoms. The van der Waals surface area contributed by atoms with Crippen molar-refractivity contribution in [2.45, 2.75) is 96.7 Å². The average Bonchev–Trinajstić information content (AvgIpc) is 3.69. The van der Waals surface area contributed by atoms with Gasteiger partial charge >= 0.3 is 5.97 Å². The molecule has 73 heavy (non-hydrogen) atoms. The van der Waals surface area contributed by atoms with Crippen molar-refractivity contribution < 1.29 is 42.9 Å². The van der Waals surface area contributed by atoms with E-state index in [4.69, 9.17) is 33.7 Å². The first-order chi connectivity index (χ1) is 35.3. The third-order valence-electron chi connectivity index (χ3n) is 16.0. The molecule has 5 aliphatic heterocycles. The van der Waals surface area contributed by atoms with Gasteiger partial charge in [-0.3, -0.25) is 34.1 Å². The lowest BCUT2D eigenvalue weighted by Gasteiger charge is -2.41. The maximum Gasteiger partial charge on any atom is 0.324 e. The summed E-state index contributed by atoms with van der Waals surface area (Å²) in [6.45, 7) is 15.8. The Labute approximate surface area is 432 Å². The van der Waals surface area contributed by atoms with E-state index in [0.717, 1.165) is 70.6 Å². The van der Waals surface area contributed by atoms with E-state index < -0.39 is 41.3 Å². The lowest BCUT2D eigenvalue weighted by Crippen LogP contribution is -2.63. The molecule has 4 aromatic rings. The number of nitrogens with one attached hydrogen (secondary N) is 2. The van der Waals surface area contributed by atoms with Gasteiger partial charge in [-0.1, -0.05) is 26.8 Å². The first-order valence-electron chi connectivity index (χ1n) is 26.4. The zero-order valence-electron chi connectivity index (χ0n) is 43.3. The number of esters is 1. The van der Waals surface area contributed by atoms with E-state index in [9.17, 15) is 14.4 Å². The molecule has 0 radical (unpaired) electrons. The van der Waals surface area contributed by atoms with Crippen LogP contribution in [-0.4, -0.2) is 176 Å². The fraction of sp³-hybridized carbons (Fsp3) is 0.630. The summed E-state index contributed by atoms with van der Waals surface area (Å²) in [7, 11) is 3.74. The number of piperazine rings is 1. The maximum absolute atomic E-state index is 15.3. The Kier molecular flexibility index (Phi) is 15.7. The number of aromatic nitrogens is 3. The second-order valence-corrected chi connectivity index (χ2v) is 22.5. The zero-order chi connectivity index (χ0) is 51.0. The van der Waals surface area contributed by atoms with Gasteiger partial charge in [-0.15, -0.1) is 11.3 Å². The fourth-order valence-electron chi connectivity index (χ4n) is 11.6. The molecule has 6 aliphatic rings. The number of hydrogen-bond acceptors (Lipinski definition) is 15. The van der Waals surface area contributed by atoms with Crippen LogP contribution in [0, 0.1) is 23.2 Å². The summed E-state index contributed by atoms with van der Waals surface area (Å²) in [4.78, 5) is 74.7.